The van der Waals surface area contributed by atoms with Crippen LogP contribution in [0.15, 0.2) is 48.6 Å². The smallest absolute Gasteiger partial charge is 0.220 e. The Kier molecular flexibility index (Phi) is 36.7. The van der Waals surface area contributed by atoms with E-state index >= 15 is 0 Å². The molecule has 1 heterocycles. The first-order valence-corrected chi connectivity index (χ1v) is 23.9. The van der Waals surface area contributed by atoms with Crippen molar-refractivity contribution in [2.45, 2.75) is 243 Å². The van der Waals surface area contributed by atoms with Gasteiger partial charge in [-0.15, -0.1) is 0 Å². The number of rotatable bonds is 39. The summed E-state index contributed by atoms with van der Waals surface area (Å²) in [7, 11) is 0. The number of unbranched alkanes of at least 4 members (excludes halogenated alkanes) is 23. The minimum atomic E-state index is -1.57. The molecule has 7 unspecified atom stereocenters. The van der Waals surface area contributed by atoms with Gasteiger partial charge < -0.3 is 40.3 Å². The summed E-state index contributed by atoms with van der Waals surface area (Å²) in [5, 5.41) is 54.1. The third-order valence-electron chi connectivity index (χ3n) is 11.1. The average molecular weight is 820 g/mol. The third-order valence-corrected chi connectivity index (χ3v) is 11.1. The van der Waals surface area contributed by atoms with Crippen molar-refractivity contribution in [3.63, 3.8) is 0 Å². The van der Waals surface area contributed by atoms with E-state index in [-0.39, 0.29) is 12.5 Å². The summed E-state index contributed by atoms with van der Waals surface area (Å²) in [5.74, 6) is -0.191. The van der Waals surface area contributed by atoms with Gasteiger partial charge in [0.15, 0.2) is 6.29 Å². The fraction of sp³-hybridized carbons (Fsp3) is 0.816. The highest BCUT2D eigenvalue weighted by Crippen LogP contribution is 2.22. The molecule has 0 saturated carbocycles. The average Bonchev–Trinajstić information content (AvgIpc) is 3.22. The maximum atomic E-state index is 13.0. The summed E-state index contributed by atoms with van der Waals surface area (Å²) in [5.41, 5.74) is 0. The van der Waals surface area contributed by atoms with Gasteiger partial charge in [-0.2, -0.15) is 0 Å². The van der Waals surface area contributed by atoms with Crippen molar-refractivity contribution in [3.8, 4) is 0 Å². The first-order chi connectivity index (χ1) is 28.3. The minimum absolute atomic E-state index is 0.191. The molecule has 1 saturated heterocycles. The number of allylic oxidation sites excluding steroid dienone is 7. The van der Waals surface area contributed by atoms with Crippen LogP contribution >= 0.6 is 0 Å². The summed E-state index contributed by atoms with van der Waals surface area (Å²) in [4.78, 5) is 13.0. The Morgan fingerprint density at radius 1 is 0.586 bits per heavy atom. The molecule has 0 aromatic carbocycles. The molecule has 6 N–H and O–H groups in total. The highest BCUT2D eigenvalue weighted by Gasteiger charge is 2.44. The fourth-order valence-electron chi connectivity index (χ4n) is 7.26. The van der Waals surface area contributed by atoms with Gasteiger partial charge in [-0.3, -0.25) is 4.79 Å². The molecule has 1 aliphatic heterocycles. The fourth-order valence-corrected chi connectivity index (χ4v) is 7.26. The molecule has 7 atom stereocenters. The Labute approximate surface area is 354 Å². The van der Waals surface area contributed by atoms with Crippen molar-refractivity contribution in [2.24, 2.45) is 0 Å². The zero-order valence-corrected chi connectivity index (χ0v) is 37.0. The van der Waals surface area contributed by atoms with Crippen molar-refractivity contribution >= 4 is 5.91 Å². The second-order valence-corrected chi connectivity index (χ2v) is 16.5. The van der Waals surface area contributed by atoms with Crippen LogP contribution in [0.25, 0.3) is 0 Å². The summed E-state index contributed by atoms with van der Waals surface area (Å²) in [6, 6.07) is -0.821. The van der Waals surface area contributed by atoms with Crippen LogP contribution in [0.4, 0.5) is 0 Å². The number of hydrogen-bond donors (Lipinski definition) is 6. The SMILES string of the molecule is CCCCCCC/C=C\C/C=C\CCCCCCCCCCCCCC(=O)NC(COC1OC(CO)C(O)C(O)C1O)C(O)/C=C/CC/C=C/CCCCCCCC. The van der Waals surface area contributed by atoms with E-state index in [1.165, 1.54) is 135 Å². The number of carbonyl (C=O) groups is 1. The Morgan fingerprint density at radius 2 is 1.03 bits per heavy atom. The molecule has 9 nitrogen and oxygen atoms in total. The molecule has 1 amide bonds. The van der Waals surface area contributed by atoms with E-state index in [1.54, 1.807) is 6.08 Å². The predicted molar refractivity (Wildman–Crippen MR) is 239 cm³/mol. The second-order valence-electron chi connectivity index (χ2n) is 16.5. The van der Waals surface area contributed by atoms with Gasteiger partial charge in [-0.1, -0.05) is 178 Å². The van der Waals surface area contributed by atoms with Crippen molar-refractivity contribution in [2.75, 3.05) is 13.2 Å². The summed E-state index contributed by atoms with van der Waals surface area (Å²) >= 11 is 0. The largest absolute Gasteiger partial charge is 0.394 e. The molecule has 0 spiro atoms. The standard InChI is InChI=1S/C49H89NO8/c1-3-5-7-9-11-13-15-17-18-19-20-21-22-23-24-25-26-27-29-31-33-35-37-39-45(53)50-42(41-57-49-48(56)47(55)46(54)44(40-51)58-49)43(52)38-36-34-32-30-28-16-14-12-10-8-6-4-2/h15,17,19-20,28,30,36,38,42-44,46-49,51-52,54-56H,3-14,16,18,21-27,29,31-35,37,39-41H2,1-2H3,(H,50,53)/b17-15-,20-19-,30-28+,38-36+. The van der Waals surface area contributed by atoms with E-state index in [2.05, 4.69) is 55.6 Å². The van der Waals surface area contributed by atoms with E-state index in [1.807, 2.05) is 6.08 Å². The van der Waals surface area contributed by atoms with Crippen LogP contribution in [0.2, 0.25) is 0 Å². The number of aliphatic hydroxyl groups is 5. The maximum Gasteiger partial charge on any atom is 0.220 e. The lowest BCUT2D eigenvalue weighted by Crippen LogP contribution is -2.60. The number of amides is 1. The number of aliphatic hydroxyl groups excluding tert-OH is 5. The molecule has 1 rings (SSSR count). The van der Waals surface area contributed by atoms with Crippen LogP contribution in [0.3, 0.4) is 0 Å². The highest BCUT2D eigenvalue weighted by molar-refractivity contribution is 5.76. The van der Waals surface area contributed by atoms with Crippen LogP contribution in [0, 0.1) is 0 Å². The van der Waals surface area contributed by atoms with E-state index in [4.69, 9.17) is 9.47 Å². The molecular weight excluding hydrogens is 731 g/mol. The van der Waals surface area contributed by atoms with Crippen LogP contribution in [-0.2, 0) is 14.3 Å². The molecule has 0 aliphatic carbocycles. The van der Waals surface area contributed by atoms with E-state index in [0.29, 0.717) is 6.42 Å². The molecule has 0 aromatic rings. The molecule has 9 heteroatoms. The summed E-state index contributed by atoms with van der Waals surface area (Å²) in [6.07, 6.45) is 43.0. The number of carbonyl (C=O) groups excluding carboxylic acids is 1. The molecular formula is C49H89NO8. The molecule has 0 radical (unpaired) electrons. The second kappa shape index (κ2) is 39.3. The third kappa shape index (κ3) is 29.4. The maximum absolute atomic E-state index is 13.0. The zero-order valence-electron chi connectivity index (χ0n) is 37.0. The first kappa shape index (κ1) is 54.2. The van der Waals surface area contributed by atoms with Crippen LogP contribution in [0.1, 0.15) is 200 Å². The predicted octanol–water partition coefficient (Wildman–Crippen LogP) is 10.2. The monoisotopic (exact) mass is 820 g/mol. The number of ether oxygens (including phenoxy) is 2. The van der Waals surface area contributed by atoms with E-state index in [9.17, 15) is 30.3 Å². The lowest BCUT2D eigenvalue weighted by Gasteiger charge is -2.40. The van der Waals surface area contributed by atoms with Gasteiger partial charge >= 0.3 is 0 Å². The van der Waals surface area contributed by atoms with Gasteiger partial charge in [0.25, 0.3) is 0 Å². The Balaban J connectivity index is 2.29. The van der Waals surface area contributed by atoms with Gasteiger partial charge in [0.1, 0.15) is 24.4 Å². The van der Waals surface area contributed by atoms with Crippen molar-refractivity contribution < 1.29 is 39.8 Å². The topological polar surface area (TPSA) is 149 Å². The highest BCUT2D eigenvalue weighted by atomic mass is 16.7. The van der Waals surface area contributed by atoms with Crippen molar-refractivity contribution in [1.29, 1.82) is 0 Å². The Hall–Kier alpha value is -1.85. The zero-order chi connectivity index (χ0) is 42.3. The lowest BCUT2D eigenvalue weighted by atomic mass is 9.99. The van der Waals surface area contributed by atoms with Gasteiger partial charge in [0, 0.05) is 6.42 Å². The molecule has 1 fully saturated rings. The van der Waals surface area contributed by atoms with Crippen LogP contribution in [0.5, 0.6) is 0 Å². The van der Waals surface area contributed by atoms with Gasteiger partial charge in [-0.05, 0) is 64.2 Å². The number of nitrogens with one attached hydrogen (secondary N) is 1. The first-order valence-electron chi connectivity index (χ1n) is 23.9. The van der Waals surface area contributed by atoms with Gasteiger partial charge in [0.2, 0.25) is 5.91 Å². The molecule has 58 heavy (non-hydrogen) atoms. The molecule has 1 aliphatic rings. The summed E-state index contributed by atoms with van der Waals surface area (Å²) < 4.78 is 11.2. The lowest BCUT2D eigenvalue weighted by molar-refractivity contribution is -0.302. The summed E-state index contributed by atoms with van der Waals surface area (Å²) in [6.45, 7) is 3.72. The normalized spacial score (nSPS) is 21.3. The van der Waals surface area contributed by atoms with Gasteiger partial charge in [0.05, 0.1) is 25.4 Å². The molecule has 338 valence electrons. The van der Waals surface area contributed by atoms with E-state index < -0.39 is 49.5 Å². The van der Waals surface area contributed by atoms with Crippen LogP contribution < -0.4 is 5.32 Å². The van der Waals surface area contributed by atoms with Crippen molar-refractivity contribution in [1.82, 2.24) is 5.32 Å². The molecule has 0 aromatic heterocycles. The molecule has 0 bridgehead atoms. The van der Waals surface area contributed by atoms with E-state index in [0.717, 1.165) is 44.9 Å². The van der Waals surface area contributed by atoms with Crippen LogP contribution in [-0.4, -0.2) is 87.5 Å². The minimum Gasteiger partial charge on any atom is -0.394 e. The van der Waals surface area contributed by atoms with Crippen molar-refractivity contribution in [3.05, 3.63) is 48.6 Å². The number of hydrogen-bond acceptors (Lipinski definition) is 8. The van der Waals surface area contributed by atoms with Gasteiger partial charge in [-0.25, -0.2) is 0 Å². The quantitative estimate of drug-likeness (QED) is 0.0265. The Morgan fingerprint density at radius 3 is 1.55 bits per heavy atom. The Bertz CT molecular complexity index is 1050.